The van der Waals surface area contributed by atoms with Gasteiger partial charge in [0.25, 0.3) is 5.91 Å². The van der Waals surface area contributed by atoms with E-state index in [9.17, 15) is 14.4 Å². The van der Waals surface area contributed by atoms with Gasteiger partial charge in [0.15, 0.2) is 0 Å². The Bertz CT molecular complexity index is 1720. The molecule has 0 saturated carbocycles. The number of nitrogens with one attached hydrogen (secondary N) is 1. The van der Waals surface area contributed by atoms with E-state index in [1.54, 1.807) is 30.0 Å². The van der Waals surface area contributed by atoms with Crippen molar-refractivity contribution in [3.8, 4) is 0 Å². The predicted octanol–water partition coefficient (Wildman–Crippen LogP) is 5.25. The summed E-state index contributed by atoms with van der Waals surface area (Å²) in [5.74, 6) is -0.521. The zero-order valence-electron chi connectivity index (χ0n) is 29.6. The van der Waals surface area contributed by atoms with E-state index in [0.29, 0.717) is 31.5 Å². The number of fused-ring (bicyclic) bond motifs is 1. The molecule has 8 heteroatoms. The quantitative estimate of drug-likeness (QED) is 0.200. The maximum atomic E-state index is 14.8. The summed E-state index contributed by atoms with van der Waals surface area (Å²) in [4.78, 5) is 50.8. The fraction of sp³-hybridized carbons (Fsp3) is 0.390. The van der Waals surface area contributed by atoms with E-state index in [1.807, 2.05) is 78.7 Å². The predicted molar refractivity (Wildman–Crippen MR) is 197 cm³/mol. The van der Waals surface area contributed by atoms with E-state index < -0.39 is 12.1 Å². The van der Waals surface area contributed by atoms with Gasteiger partial charge >= 0.3 is 0 Å². The summed E-state index contributed by atoms with van der Waals surface area (Å²) in [5.41, 5.74) is 3.44. The molecular weight excluding hydrogens is 610 g/mol. The molecule has 258 valence electrons. The Labute approximate surface area is 291 Å². The van der Waals surface area contributed by atoms with E-state index in [2.05, 4.69) is 48.6 Å². The first-order valence-corrected chi connectivity index (χ1v) is 17.4. The third-order valence-corrected chi connectivity index (χ3v) is 9.81. The number of nitrogens with zero attached hydrogens (tertiary/aromatic N) is 4. The molecule has 3 atom stereocenters. The van der Waals surface area contributed by atoms with Crippen LogP contribution in [0.2, 0.25) is 0 Å². The van der Waals surface area contributed by atoms with Crippen molar-refractivity contribution in [2.24, 2.45) is 0 Å². The maximum Gasteiger partial charge on any atom is 0.254 e. The largest absolute Gasteiger partial charge is 0.338 e. The van der Waals surface area contributed by atoms with Crippen LogP contribution in [0.1, 0.15) is 46.3 Å². The summed E-state index contributed by atoms with van der Waals surface area (Å²) in [6, 6.07) is 30.3. The lowest BCUT2D eigenvalue weighted by atomic mass is 9.97. The maximum absolute atomic E-state index is 14.8. The Balaban J connectivity index is 1.49. The zero-order valence-corrected chi connectivity index (χ0v) is 29.6. The minimum atomic E-state index is -0.833. The lowest BCUT2D eigenvalue weighted by Crippen LogP contribution is -2.57. The second kappa shape index (κ2) is 16.7. The highest BCUT2D eigenvalue weighted by Gasteiger charge is 2.39. The molecule has 1 fully saturated rings. The average molecular weight is 662 g/mol. The normalized spacial score (nSPS) is 15.7. The molecule has 5 rings (SSSR count). The lowest BCUT2D eigenvalue weighted by Gasteiger charge is -2.37. The molecule has 1 aliphatic rings. The summed E-state index contributed by atoms with van der Waals surface area (Å²) < 4.78 is 0. The van der Waals surface area contributed by atoms with E-state index in [-0.39, 0.29) is 23.8 Å². The van der Waals surface area contributed by atoms with E-state index in [0.717, 1.165) is 53.3 Å². The van der Waals surface area contributed by atoms with Gasteiger partial charge in [0.1, 0.15) is 12.1 Å². The average Bonchev–Trinajstić information content (AvgIpc) is 3.60. The van der Waals surface area contributed by atoms with Crippen LogP contribution < -0.4 is 5.32 Å². The first-order chi connectivity index (χ1) is 23.7. The summed E-state index contributed by atoms with van der Waals surface area (Å²) in [7, 11) is 9.41. The molecule has 0 bridgehead atoms. The first-order valence-electron chi connectivity index (χ1n) is 17.4. The first kappa shape index (κ1) is 35.8. The van der Waals surface area contributed by atoms with Gasteiger partial charge in [0.2, 0.25) is 11.8 Å². The van der Waals surface area contributed by atoms with Crippen LogP contribution in [0.3, 0.4) is 0 Å². The number of carbonyl (C=O) groups excluding carboxylic acids is 3. The fourth-order valence-corrected chi connectivity index (χ4v) is 6.98. The number of hydrogen-bond donors (Lipinski definition) is 1. The standard InChI is InChI=1S/C41H51N5O3/c1-42-29-32-15-11-18-35(26-32)39(47)44(4)37(28-31-20-21-33-16-9-10-17-34(33)25-31)40(48)45(5)38(27-30-13-7-6-8-14-30)41(49)46-23-12-19-36(46)22-24-43(2)3/h6-11,13-18,20-21,25-26,36-38,42H,12,19,22-24,27-29H2,1-5H3/t36-,37+,38+/m0/s1. The molecule has 0 radical (unpaired) electrons. The molecule has 4 aromatic carbocycles. The second-order valence-electron chi connectivity index (χ2n) is 13.6. The van der Waals surface area contributed by atoms with Gasteiger partial charge < -0.3 is 24.9 Å². The molecule has 49 heavy (non-hydrogen) atoms. The number of hydrogen-bond acceptors (Lipinski definition) is 5. The smallest absolute Gasteiger partial charge is 0.254 e. The van der Waals surface area contributed by atoms with Crippen LogP contribution in [0.5, 0.6) is 0 Å². The minimum Gasteiger partial charge on any atom is -0.338 e. The molecule has 1 heterocycles. The number of amides is 3. The van der Waals surface area contributed by atoms with Crippen LogP contribution >= 0.6 is 0 Å². The van der Waals surface area contributed by atoms with E-state index in [1.165, 1.54) is 0 Å². The SMILES string of the molecule is CNCc1cccc(C(=O)N(C)[C@H](Cc2ccc3ccccc3c2)C(=O)N(C)[C@H](Cc2ccccc2)C(=O)N2CCC[C@H]2CCN(C)C)c1. The van der Waals surface area contributed by atoms with Gasteiger partial charge in [0.05, 0.1) is 0 Å². The van der Waals surface area contributed by atoms with E-state index in [4.69, 9.17) is 0 Å². The van der Waals surface area contributed by atoms with Crippen LogP contribution in [0, 0.1) is 0 Å². The van der Waals surface area contributed by atoms with Crippen molar-refractivity contribution in [2.75, 3.05) is 48.3 Å². The Hall–Kier alpha value is -4.53. The highest BCUT2D eigenvalue weighted by atomic mass is 16.2. The molecule has 4 aromatic rings. The molecule has 0 spiro atoms. The van der Waals surface area contributed by atoms with Crippen molar-refractivity contribution in [2.45, 2.75) is 56.8 Å². The van der Waals surface area contributed by atoms with Crippen molar-refractivity contribution in [1.29, 1.82) is 0 Å². The van der Waals surface area contributed by atoms with Gasteiger partial charge in [-0.2, -0.15) is 0 Å². The molecule has 8 nitrogen and oxygen atoms in total. The zero-order chi connectivity index (χ0) is 34.9. The minimum absolute atomic E-state index is 0.0286. The molecule has 0 aliphatic carbocycles. The van der Waals surface area contributed by atoms with Crippen molar-refractivity contribution in [3.63, 3.8) is 0 Å². The number of likely N-dealkylation sites (tertiary alicyclic amines) is 1. The Morgan fingerprint density at radius 1 is 0.755 bits per heavy atom. The van der Waals surface area contributed by atoms with Crippen LogP contribution in [-0.4, -0.2) is 104 Å². The van der Waals surface area contributed by atoms with Gasteiger partial charge in [0, 0.05) is 51.6 Å². The van der Waals surface area contributed by atoms with Gasteiger partial charge in [-0.05, 0) is 86.5 Å². The summed E-state index contributed by atoms with van der Waals surface area (Å²) in [6.45, 7) is 2.21. The summed E-state index contributed by atoms with van der Waals surface area (Å²) in [5, 5.41) is 5.32. The Morgan fingerprint density at radius 2 is 1.45 bits per heavy atom. The van der Waals surface area contributed by atoms with Crippen molar-refractivity contribution >= 4 is 28.5 Å². The highest BCUT2D eigenvalue weighted by molar-refractivity contribution is 5.98. The molecule has 0 aromatic heterocycles. The summed E-state index contributed by atoms with van der Waals surface area (Å²) in [6.07, 6.45) is 3.51. The number of benzene rings is 4. The van der Waals surface area contributed by atoms with Crippen LogP contribution in [0.15, 0.2) is 97.1 Å². The third-order valence-electron chi connectivity index (χ3n) is 9.81. The molecule has 3 amide bonds. The molecule has 1 aliphatic heterocycles. The van der Waals surface area contributed by atoms with Crippen LogP contribution in [0.4, 0.5) is 0 Å². The third kappa shape index (κ3) is 8.94. The molecule has 1 N–H and O–H groups in total. The van der Waals surface area contributed by atoms with Gasteiger partial charge in [-0.3, -0.25) is 14.4 Å². The number of likely N-dealkylation sites (N-methyl/N-ethyl adjacent to an activating group) is 2. The topological polar surface area (TPSA) is 76.2 Å². The second-order valence-corrected chi connectivity index (χ2v) is 13.6. The monoisotopic (exact) mass is 661 g/mol. The fourth-order valence-electron chi connectivity index (χ4n) is 6.98. The van der Waals surface area contributed by atoms with Gasteiger partial charge in [-0.1, -0.05) is 84.9 Å². The van der Waals surface area contributed by atoms with Crippen LogP contribution in [0.25, 0.3) is 10.8 Å². The Kier molecular flexibility index (Phi) is 12.2. The van der Waals surface area contributed by atoms with Gasteiger partial charge in [-0.25, -0.2) is 0 Å². The Morgan fingerprint density at radius 3 is 2.18 bits per heavy atom. The molecule has 0 unspecified atom stereocenters. The van der Waals surface area contributed by atoms with Crippen molar-refractivity contribution < 1.29 is 14.4 Å². The number of carbonyl (C=O) groups is 3. The number of rotatable bonds is 14. The van der Waals surface area contributed by atoms with Gasteiger partial charge in [-0.15, -0.1) is 0 Å². The summed E-state index contributed by atoms with van der Waals surface area (Å²) >= 11 is 0. The lowest BCUT2D eigenvalue weighted by molar-refractivity contribution is -0.147. The molecular formula is C41H51N5O3. The van der Waals surface area contributed by atoms with Crippen molar-refractivity contribution in [3.05, 3.63) is 119 Å². The van der Waals surface area contributed by atoms with Crippen molar-refractivity contribution in [1.82, 2.24) is 24.9 Å². The van der Waals surface area contributed by atoms with Crippen LogP contribution in [-0.2, 0) is 29.0 Å². The highest BCUT2D eigenvalue weighted by Crippen LogP contribution is 2.25. The van der Waals surface area contributed by atoms with E-state index >= 15 is 0 Å². The molecule has 1 saturated heterocycles.